The smallest absolute Gasteiger partial charge is 0.265 e. The molecule has 0 unspecified atom stereocenters. The number of rotatable bonds is 4. The van der Waals surface area contributed by atoms with Crippen molar-refractivity contribution in [3.05, 3.63) is 18.0 Å². The van der Waals surface area contributed by atoms with Crippen LogP contribution < -0.4 is 11.1 Å². The largest absolute Gasteiger partial charge is 0.377 e. The van der Waals surface area contributed by atoms with Crippen LogP contribution in [0.2, 0.25) is 0 Å². The summed E-state index contributed by atoms with van der Waals surface area (Å²) in [7, 11) is 1.72. The maximum absolute atomic E-state index is 12.5. The van der Waals surface area contributed by atoms with Gasteiger partial charge in [0.05, 0.1) is 17.7 Å². The van der Waals surface area contributed by atoms with Crippen LogP contribution in [-0.2, 0) is 16.6 Å². The molecule has 1 aromatic rings. The average molecular weight is 293 g/mol. The van der Waals surface area contributed by atoms with E-state index in [-0.39, 0.29) is 23.8 Å². The van der Waals surface area contributed by atoms with Crippen molar-refractivity contribution < 1.29 is 14.3 Å². The highest BCUT2D eigenvalue weighted by molar-refractivity contribution is 5.96. The minimum absolute atomic E-state index is 0.0573. The molecular weight excluding hydrogens is 270 g/mol. The topological polar surface area (TPSA) is 86.3 Å². The second kappa shape index (κ2) is 6.30. The molecule has 0 spiro atoms. The number of primary amides is 1. The maximum atomic E-state index is 12.5. The van der Waals surface area contributed by atoms with Gasteiger partial charge in [-0.3, -0.25) is 9.59 Å². The first kappa shape index (κ1) is 15.6. The third kappa shape index (κ3) is 3.44. The molecule has 0 bridgehead atoms. The summed E-state index contributed by atoms with van der Waals surface area (Å²) in [5.41, 5.74) is 6.22. The van der Waals surface area contributed by atoms with Crippen LogP contribution in [-0.4, -0.2) is 29.1 Å². The molecule has 1 aliphatic rings. The summed E-state index contributed by atoms with van der Waals surface area (Å²) in [5.74, 6) is -0.442. The van der Waals surface area contributed by atoms with Crippen LogP contribution >= 0.6 is 0 Å². The first-order valence-electron chi connectivity index (χ1n) is 7.28. The lowest BCUT2D eigenvalue weighted by molar-refractivity contribution is -0.131. The number of anilines is 1. The number of nitrogens with one attached hydrogen (secondary N) is 1. The summed E-state index contributed by atoms with van der Waals surface area (Å²) < 4.78 is 7.34. The number of nitrogens with two attached hydrogens (primary N) is 1. The van der Waals surface area contributed by atoms with E-state index in [4.69, 9.17) is 10.5 Å². The molecule has 6 nitrogen and oxygen atoms in total. The summed E-state index contributed by atoms with van der Waals surface area (Å²) >= 11 is 0. The number of aromatic nitrogens is 1. The van der Waals surface area contributed by atoms with E-state index in [2.05, 4.69) is 19.2 Å². The van der Waals surface area contributed by atoms with Crippen molar-refractivity contribution in [1.29, 1.82) is 0 Å². The lowest BCUT2D eigenvalue weighted by atomic mass is 9.87. The molecule has 2 heterocycles. The van der Waals surface area contributed by atoms with Gasteiger partial charge in [-0.25, -0.2) is 0 Å². The van der Waals surface area contributed by atoms with Gasteiger partial charge in [-0.05, 0) is 24.8 Å². The molecule has 6 heteroatoms. The van der Waals surface area contributed by atoms with E-state index < -0.39 is 5.91 Å². The highest BCUT2D eigenvalue weighted by Crippen LogP contribution is 2.27. The summed E-state index contributed by atoms with van der Waals surface area (Å²) in [6.45, 7) is 4.83. The van der Waals surface area contributed by atoms with Gasteiger partial charge in [-0.1, -0.05) is 13.8 Å². The minimum Gasteiger partial charge on any atom is -0.377 e. The third-order valence-electron chi connectivity index (χ3n) is 3.89. The van der Waals surface area contributed by atoms with Crippen LogP contribution in [0.4, 0.5) is 5.69 Å². The minimum atomic E-state index is -0.515. The predicted octanol–water partition coefficient (Wildman–Crippen LogP) is 1.51. The van der Waals surface area contributed by atoms with Crippen LogP contribution in [0.3, 0.4) is 0 Å². The molecule has 0 radical (unpaired) electrons. The summed E-state index contributed by atoms with van der Waals surface area (Å²) in [5, 5.41) is 2.87. The number of carbonyl (C=O) groups is 2. The van der Waals surface area contributed by atoms with Gasteiger partial charge >= 0.3 is 0 Å². The molecule has 0 saturated carbocycles. The normalized spacial score (nSPS) is 22.3. The highest BCUT2D eigenvalue weighted by Gasteiger charge is 2.34. The zero-order valence-electron chi connectivity index (χ0n) is 12.8. The van der Waals surface area contributed by atoms with Crippen molar-refractivity contribution in [3.8, 4) is 0 Å². The van der Waals surface area contributed by atoms with Gasteiger partial charge in [0.25, 0.3) is 5.91 Å². The van der Waals surface area contributed by atoms with Crippen molar-refractivity contribution in [3.63, 3.8) is 0 Å². The van der Waals surface area contributed by atoms with E-state index in [1.54, 1.807) is 23.9 Å². The van der Waals surface area contributed by atoms with Crippen LogP contribution in [0.25, 0.3) is 0 Å². The highest BCUT2D eigenvalue weighted by atomic mass is 16.5. The molecule has 3 N–H and O–H groups in total. The Labute approximate surface area is 124 Å². The zero-order valence-corrected chi connectivity index (χ0v) is 12.8. The van der Waals surface area contributed by atoms with E-state index in [0.717, 1.165) is 12.8 Å². The number of ether oxygens (including phenoxy) is 1. The van der Waals surface area contributed by atoms with E-state index in [0.29, 0.717) is 18.0 Å². The first-order valence-corrected chi connectivity index (χ1v) is 7.28. The Kier molecular flexibility index (Phi) is 4.67. The van der Waals surface area contributed by atoms with Crippen LogP contribution in [0.1, 0.15) is 37.2 Å². The molecule has 2 rings (SSSR count). The molecule has 1 aliphatic heterocycles. The van der Waals surface area contributed by atoms with Crippen molar-refractivity contribution >= 4 is 17.5 Å². The number of nitrogens with zero attached hydrogens (tertiary/aromatic N) is 1. The SMILES string of the molecule is CC(C)[C@@H]1OCCC[C@@H]1C(=O)Nc1cc(C(N)=O)n(C)c1. The maximum Gasteiger partial charge on any atom is 0.265 e. The Bertz CT molecular complexity index is 536. The molecule has 2 atom stereocenters. The summed E-state index contributed by atoms with van der Waals surface area (Å²) in [4.78, 5) is 23.7. The summed E-state index contributed by atoms with van der Waals surface area (Å²) in [6, 6.07) is 1.59. The molecule has 0 aromatic carbocycles. The van der Waals surface area contributed by atoms with Gasteiger partial charge in [0.15, 0.2) is 0 Å². The van der Waals surface area contributed by atoms with E-state index in [1.165, 1.54) is 0 Å². The lowest BCUT2D eigenvalue weighted by Crippen LogP contribution is -2.41. The Balaban J connectivity index is 2.09. The second-order valence-electron chi connectivity index (χ2n) is 5.91. The monoisotopic (exact) mass is 293 g/mol. The third-order valence-corrected chi connectivity index (χ3v) is 3.89. The van der Waals surface area contributed by atoms with Crippen LogP contribution in [0.5, 0.6) is 0 Å². The number of aryl methyl sites for hydroxylation is 1. The van der Waals surface area contributed by atoms with Crippen molar-refractivity contribution in [2.24, 2.45) is 24.6 Å². The van der Waals surface area contributed by atoms with Gasteiger partial charge in [-0.2, -0.15) is 0 Å². The Morgan fingerprint density at radius 1 is 1.48 bits per heavy atom. The molecule has 0 aliphatic carbocycles. The quantitative estimate of drug-likeness (QED) is 0.882. The van der Waals surface area contributed by atoms with Gasteiger partial charge in [0, 0.05) is 19.9 Å². The number of amides is 2. The van der Waals surface area contributed by atoms with E-state index in [1.807, 2.05) is 0 Å². The number of carbonyl (C=O) groups excluding carboxylic acids is 2. The van der Waals surface area contributed by atoms with Gasteiger partial charge in [0.2, 0.25) is 5.91 Å². The lowest BCUT2D eigenvalue weighted by Gasteiger charge is -2.33. The fraction of sp³-hybridized carbons (Fsp3) is 0.600. The molecule has 1 saturated heterocycles. The Morgan fingerprint density at radius 2 is 2.19 bits per heavy atom. The predicted molar refractivity (Wildman–Crippen MR) is 79.9 cm³/mol. The van der Waals surface area contributed by atoms with Crippen molar-refractivity contribution in [2.75, 3.05) is 11.9 Å². The number of hydrogen-bond acceptors (Lipinski definition) is 3. The molecule has 21 heavy (non-hydrogen) atoms. The summed E-state index contributed by atoms with van der Waals surface area (Å²) in [6.07, 6.45) is 3.34. The first-order chi connectivity index (χ1) is 9.90. The van der Waals surface area contributed by atoms with Crippen molar-refractivity contribution in [1.82, 2.24) is 4.57 Å². The van der Waals surface area contributed by atoms with Crippen molar-refractivity contribution in [2.45, 2.75) is 32.8 Å². The standard InChI is InChI=1S/C15H23N3O3/c1-9(2)13-11(5-4-6-21-13)15(20)17-10-7-12(14(16)19)18(3)8-10/h7-9,11,13H,4-6H2,1-3H3,(H2,16,19)(H,17,20)/t11-,13-/m0/s1. The van der Waals surface area contributed by atoms with E-state index >= 15 is 0 Å². The van der Waals surface area contributed by atoms with Gasteiger partial charge in [-0.15, -0.1) is 0 Å². The molecule has 116 valence electrons. The molecule has 1 aromatic heterocycles. The number of hydrogen-bond donors (Lipinski definition) is 2. The second-order valence-corrected chi connectivity index (χ2v) is 5.91. The molecular formula is C15H23N3O3. The fourth-order valence-electron chi connectivity index (χ4n) is 2.85. The van der Waals surface area contributed by atoms with Gasteiger partial charge < -0.3 is 20.4 Å². The van der Waals surface area contributed by atoms with Gasteiger partial charge in [0.1, 0.15) is 5.69 Å². The van der Waals surface area contributed by atoms with E-state index in [9.17, 15) is 9.59 Å². The Morgan fingerprint density at radius 3 is 2.76 bits per heavy atom. The average Bonchev–Trinajstić information content (AvgIpc) is 2.79. The Hall–Kier alpha value is -1.82. The zero-order chi connectivity index (χ0) is 15.6. The van der Waals surface area contributed by atoms with Crippen LogP contribution in [0, 0.1) is 11.8 Å². The molecule has 2 amide bonds. The molecule has 1 fully saturated rings. The fourth-order valence-corrected chi connectivity index (χ4v) is 2.85. The van der Waals surface area contributed by atoms with Crippen LogP contribution in [0.15, 0.2) is 12.3 Å².